The number of hydrogen-bond acceptors (Lipinski definition) is 2. The third-order valence-corrected chi connectivity index (χ3v) is 0.995. The van der Waals surface area contributed by atoms with Gasteiger partial charge in [-0.25, -0.2) is 0 Å². The molecule has 0 fully saturated rings. The molecule has 0 radical (unpaired) electrons. The number of rotatable bonds is 2. The van der Waals surface area contributed by atoms with E-state index in [0.717, 1.165) is 0 Å². The van der Waals surface area contributed by atoms with E-state index in [-0.39, 0.29) is 11.9 Å². The average molecular weight is 160 g/mol. The summed E-state index contributed by atoms with van der Waals surface area (Å²) in [4.78, 5) is 12.3. The molecule has 0 bridgehead atoms. The molecule has 1 amide bonds. The van der Waals surface area contributed by atoms with E-state index < -0.39 is 0 Å². The van der Waals surface area contributed by atoms with Crippen LogP contribution in [-0.2, 0) is 4.79 Å². The largest absolute Gasteiger partial charge is 0.349 e. The fraction of sp³-hybridized carbons (Fsp3) is 0.875. The van der Waals surface area contributed by atoms with Gasteiger partial charge in [-0.1, -0.05) is 13.8 Å². The van der Waals surface area contributed by atoms with Crippen molar-refractivity contribution in [3.8, 4) is 0 Å². The number of nitrogens with zero attached hydrogens (tertiary/aromatic N) is 1. The summed E-state index contributed by atoms with van der Waals surface area (Å²) in [6.45, 7) is 5.82. The Bertz CT molecular complexity index is 100. The second kappa shape index (κ2) is 7.54. The number of amides is 1. The van der Waals surface area contributed by atoms with Crippen molar-refractivity contribution in [2.24, 2.45) is 5.73 Å². The number of hydrogen-bond donors (Lipinski definition) is 1. The van der Waals surface area contributed by atoms with E-state index in [1.54, 1.807) is 19.0 Å². The summed E-state index contributed by atoms with van der Waals surface area (Å²) in [7, 11) is 3.45. The second-order valence-corrected chi connectivity index (χ2v) is 2.47. The number of carbonyl (C=O) groups is 1. The van der Waals surface area contributed by atoms with Crippen molar-refractivity contribution >= 4 is 5.91 Å². The van der Waals surface area contributed by atoms with Gasteiger partial charge < -0.3 is 10.6 Å². The summed E-state index contributed by atoms with van der Waals surface area (Å²) in [5.41, 5.74) is 5.38. The minimum Gasteiger partial charge on any atom is -0.349 e. The Morgan fingerprint density at radius 3 is 1.91 bits per heavy atom. The maximum atomic E-state index is 10.8. The van der Waals surface area contributed by atoms with Crippen molar-refractivity contribution in [3.63, 3.8) is 0 Å². The fourth-order valence-electron chi connectivity index (χ4n) is 0.458. The Hall–Kier alpha value is -0.570. The van der Waals surface area contributed by atoms with E-state index >= 15 is 0 Å². The molecule has 1 unspecified atom stereocenters. The van der Waals surface area contributed by atoms with Gasteiger partial charge in [0.1, 0.15) is 0 Å². The van der Waals surface area contributed by atoms with Gasteiger partial charge in [0.05, 0.1) is 0 Å². The first-order valence-corrected chi connectivity index (χ1v) is 3.99. The lowest BCUT2D eigenvalue weighted by atomic mass is 10.2. The SMILES string of the molecule is CC.CC(N)CC(=O)N(C)C. The van der Waals surface area contributed by atoms with Crippen molar-refractivity contribution in [3.05, 3.63) is 0 Å². The monoisotopic (exact) mass is 160 g/mol. The molecule has 0 heterocycles. The van der Waals surface area contributed by atoms with E-state index in [2.05, 4.69) is 0 Å². The fourth-order valence-corrected chi connectivity index (χ4v) is 0.458. The Kier molecular flexibility index (Phi) is 8.94. The molecule has 0 saturated carbocycles. The van der Waals surface area contributed by atoms with E-state index in [0.29, 0.717) is 6.42 Å². The third kappa shape index (κ3) is 9.43. The lowest BCUT2D eigenvalue weighted by Crippen LogP contribution is -2.28. The zero-order valence-corrected chi connectivity index (χ0v) is 8.22. The van der Waals surface area contributed by atoms with Crippen molar-refractivity contribution in [2.75, 3.05) is 14.1 Å². The molecule has 0 aliphatic rings. The molecule has 68 valence electrons. The molecular formula is C8H20N2O. The smallest absolute Gasteiger partial charge is 0.223 e. The molecule has 2 N–H and O–H groups in total. The van der Waals surface area contributed by atoms with Crippen molar-refractivity contribution in [2.45, 2.75) is 33.2 Å². The third-order valence-electron chi connectivity index (χ3n) is 0.995. The zero-order chi connectivity index (χ0) is 9.44. The molecule has 11 heavy (non-hydrogen) atoms. The molecule has 1 atom stereocenters. The minimum atomic E-state index is -0.0279. The standard InChI is InChI=1S/C6H14N2O.C2H6/c1-5(7)4-6(9)8(2)3;1-2/h5H,4,7H2,1-3H3;1-2H3. The quantitative estimate of drug-likeness (QED) is 0.650. The maximum absolute atomic E-state index is 10.8. The summed E-state index contributed by atoms with van der Waals surface area (Å²) >= 11 is 0. The highest BCUT2D eigenvalue weighted by Gasteiger charge is 2.05. The Labute approximate surface area is 69.6 Å². The van der Waals surface area contributed by atoms with E-state index in [1.807, 2.05) is 20.8 Å². The van der Waals surface area contributed by atoms with Crippen LogP contribution in [-0.4, -0.2) is 30.9 Å². The normalized spacial score (nSPS) is 11.1. The molecule has 3 nitrogen and oxygen atoms in total. The van der Waals surface area contributed by atoms with Crippen molar-refractivity contribution in [1.29, 1.82) is 0 Å². The van der Waals surface area contributed by atoms with Crippen molar-refractivity contribution in [1.82, 2.24) is 4.90 Å². The van der Waals surface area contributed by atoms with Crippen LogP contribution in [0, 0.1) is 0 Å². The highest BCUT2D eigenvalue weighted by molar-refractivity contribution is 5.76. The van der Waals surface area contributed by atoms with Gasteiger partial charge in [0.15, 0.2) is 0 Å². The summed E-state index contributed by atoms with van der Waals surface area (Å²) in [6.07, 6.45) is 0.438. The molecule has 0 spiro atoms. The molecule has 0 aromatic heterocycles. The van der Waals surface area contributed by atoms with Crippen LogP contribution in [0.2, 0.25) is 0 Å². The van der Waals surface area contributed by atoms with Gasteiger partial charge in [0.25, 0.3) is 0 Å². The molecule has 0 rings (SSSR count). The van der Waals surface area contributed by atoms with E-state index in [4.69, 9.17) is 5.73 Å². The average Bonchev–Trinajstić information content (AvgIpc) is 1.90. The Morgan fingerprint density at radius 1 is 1.45 bits per heavy atom. The zero-order valence-electron chi connectivity index (χ0n) is 8.22. The molecule has 0 aliphatic heterocycles. The number of carbonyl (C=O) groups excluding carboxylic acids is 1. The molecule has 0 aliphatic carbocycles. The second-order valence-electron chi connectivity index (χ2n) is 2.47. The molecule has 0 aromatic carbocycles. The van der Waals surface area contributed by atoms with Gasteiger partial charge in [-0.2, -0.15) is 0 Å². The Balaban J connectivity index is 0. The van der Waals surface area contributed by atoms with Crippen LogP contribution in [0.3, 0.4) is 0 Å². The molecular weight excluding hydrogens is 140 g/mol. The predicted molar refractivity (Wildman–Crippen MR) is 48.3 cm³/mol. The van der Waals surface area contributed by atoms with Crippen LogP contribution in [0.5, 0.6) is 0 Å². The first-order chi connectivity index (χ1) is 5.04. The molecule has 0 aromatic rings. The van der Waals surface area contributed by atoms with Crippen LogP contribution in [0.4, 0.5) is 0 Å². The lowest BCUT2D eigenvalue weighted by molar-refractivity contribution is -0.128. The van der Waals surface area contributed by atoms with Crippen LogP contribution >= 0.6 is 0 Å². The van der Waals surface area contributed by atoms with E-state index in [1.165, 1.54) is 0 Å². The highest BCUT2D eigenvalue weighted by atomic mass is 16.2. The van der Waals surface area contributed by atoms with Crippen molar-refractivity contribution < 1.29 is 4.79 Å². The summed E-state index contributed by atoms with van der Waals surface area (Å²) < 4.78 is 0. The van der Waals surface area contributed by atoms with E-state index in [9.17, 15) is 4.79 Å². The van der Waals surface area contributed by atoms with Crippen LogP contribution in [0.1, 0.15) is 27.2 Å². The van der Waals surface area contributed by atoms with Gasteiger partial charge in [-0.05, 0) is 6.92 Å². The number of nitrogens with two attached hydrogens (primary N) is 1. The summed E-state index contributed by atoms with van der Waals surface area (Å²) in [6, 6.07) is -0.0279. The van der Waals surface area contributed by atoms with Gasteiger partial charge in [0, 0.05) is 26.6 Å². The van der Waals surface area contributed by atoms with Crippen LogP contribution in [0.25, 0.3) is 0 Å². The van der Waals surface area contributed by atoms with Gasteiger partial charge in [0.2, 0.25) is 5.91 Å². The lowest BCUT2D eigenvalue weighted by Gasteiger charge is -2.11. The molecule has 0 saturated heterocycles. The van der Waals surface area contributed by atoms with Crippen LogP contribution in [0.15, 0.2) is 0 Å². The van der Waals surface area contributed by atoms with Crippen LogP contribution < -0.4 is 5.73 Å². The minimum absolute atomic E-state index is 0.0279. The van der Waals surface area contributed by atoms with Gasteiger partial charge >= 0.3 is 0 Å². The van der Waals surface area contributed by atoms with Gasteiger partial charge in [-0.15, -0.1) is 0 Å². The first-order valence-electron chi connectivity index (χ1n) is 3.99. The first kappa shape index (κ1) is 13.1. The maximum Gasteiger partial charge on any atom is 0.223 e. The predicted octanol–water partition coefficient (Wildman–Crippen LogP) is 0.838. The Morgan fingerprint density at radius 2 is 1.82 bits per heavy atom. The summed E-state index contributed by atoms with van der Waals surface area (Å²) in [5.74, 6) is 0.0880. The highest BCUT2D eigenvalue weighted by Crippen LogP contribution is 1.89. The van der Waals surface area contributed by atoms with Gasteiger partial charge in [-0.3, -0.25) is 4.79 Å². The molecule has 3 heteroatoms. The summed E-state index contributed by atoms with van der Waals surface area (Å²) in [5, 5.41) is 0. The topological polar surface area (TPSA) is 46.3 Å².